The molecule has 1 aromatic carbocycles. The lowest BCUT2D eigenvalue weighted by molar-refractivity contribution is 1.07. The van der Waals surface area contributed by atoms with Gasteiger partial charge in [0.25, 0.3) is 0 Å². The molecule has 0 aliphatic heterocycles. The average molecular weight is 131 g/mol. The minimum absolute atomic E-state index is 0.476. The van der Waals surface area contributed by atoms with Crippen molar-refractivity contribution in [3.63, 3.8) is 0 Å². The summed E-state index contributed by atoms with van der Waals surface area (Å²) >= 11 is 0. The zero-order valence-electron chi connectivity index (χ0n) is 5.46. The van der Waals surface area contributed by atoms with Crippen LogP contribution in [0.1, 0.15) is 11.1 Å². The molecule has 0 heterocycles. The molecule has 0 fully saturated rings. The van der Waals surface area contributed by atoms with Crippen LogP contribution >= 0.6 is 0 Å². The second-order valence-electron chi connectivity index (χ2n) is 1.93. The summed E-state index contributed by atoms with van der Waals surface area (Å²) in [5, 5.41) is 8.44. The summed E-state index contributed by atoms with van der Waals surface area (Å²) in [6.45, 7) is 0.476. The molecule has 0 spiro atoms. The van der Waals surface area contributed by atoms with E-state index in [1.807, 2.05) is 12.1 Å². The van der Waals surface area contributed by atoms with Crippen molar-refractivity contribution < 1.29 is 0 Å². The first-order valence-corrected chi connectivity index (χ1v) is 2.97. The number of rotatable bonds is 1. The van der Waals surface area contributed by atoms with E-state index < -0.39 is 0 Å². The Balaban J connectivity index is 3.01. The van der Waals surface area contributed by atoms with Crippen molar-refractivity contribution in [2.75, 3.05) is 0 Å². The van der Waals surface area contributed by atoms with Crippen molar-refractivity contribution in [3.8, 4) is 6.07 Å². The van der Waals surface area contributed by atoms with Crippen LogP contribution in [0.2, 0.25) is 0 Å². The van der Waals surface area contributed by atoms with Gasteiger partial charge in [0.2, 0.25) is 0 Å². The van der Waals surface area contributed by atoms with Crippen LogP contribution in [0.3, 0.4) is 0 Å². The highest BCUT2D eigenvalue weighted by Gasteiger charge is 1.90. The largest absolute Gasteiger partial charge is 0.326 e. The van der Waals surface area contributed by atoms with Crippen LogP contribution in [0.4, 0.5) is 0 Å². The maximum Gasteiger partial charge on any atom is 0.0998 e. The van der Waals surface area contributed by atoms with Gasteiger partial charge in [-0.3, -0.25) is 0 Å². The number of nitrogens with two attached hydrogens (primary N) is 1. The molecule has 2 nitrogen and oxygen atoms in total. The molecule has 0 unspecified atom stereocenters. The second kappa shape index (κ2) is 3.00. The molecule has 2 N–H and O–H groups in total. The predicted molar refractivity (Wildman–Crippen MR) is 37.9 cm³/mol. The molecule has 2 heteroatoms. The van der Waals surface area contributed by atoms with Crippen molar-refractivity contribution in [2.24, 2.45) is 5.73 Å². The number of benzene rings is 1. The van der Waals surface area contributed by atoms with E-state index in [2.05, 4.69) is 6.07 Å². The third-order valence-electron chi connectivity index (χ3n) is 1.22. The molecule has 0 saturated carbocycles. The van der Waals surface area contributed by atoms with Crippen LogP contribution in [-0.4, -0.2) is 0 Å². The van der Waals surface area contributed by atoms with E-state index in [1.165, 1.54) is 0 Å². The molecule has 0 saturated heterocycles. The molecule has 0 bridgehead atoms. The molecule has 1 aromatic rings. The third-order valence-corrected chi connectivity index (χ3v) is 1.22. The highest BCUT2D eigenvalue weighted by Crippen LogP contribution is 2.01. The fraction of sp³-hybridized carbons (Fsp3) is 0.125. The van der Waals surface area contributed by atoms with Crippen LogP contribution in [-0.2, 0) is 6.54 Å². The number of hydrogen-bond donors (Lipinski definition) is 1. The summed E-state index contributed by atoms with van der Waals surface area (Å²) in [6, 6.07) is 10.1. The lowest BCUT2D eigenvalue weighted by Crippen LogP contribution is -1.95. The van der Waals surface area contributed by atoms with Gasteiger partial charge in [0.15, 0.2) is 0 Å². The van der Waals surface area contributed by atoms with E-state index in [1.54, 1.807) is 12.1 Å². The Morgan fingerprint density at radius 2 is 2.50 bits per heavy atom. The topological polar surface area (TPSA) is 49.8 Å². The van der Waals surface area contributed by atoms with Gasteiger partial charge in [-0.05, 0) is 11.6 Å². The minimum Gasteiger partial charge on any atom is -0.326 e. The van der Waals surface area contributed by atoms with Gasteiger partial charge in [0.1, 0.15) is 0 Å². The second-order valence-corrected chi connectivity index (χ2v) is 1.93. The van der Waals surface area contributed by atoms with Crippen molar-refractivity contribution in [1.82, 2.24) is 0 Å². The van der Waals surface area contributed by atoms with Crippen molar-refractivity contribution >= 4 is 0 Å². The van der Waals surface area contributed by atoms with E-state index in [-0.39, 0.29) is 0 Å². The van der Waals surface area contributed by atoms with Crippen molar-refractivity contribution in [3.05, 3.63) is 35.4 Å². The molecule has 0 aliphatic rings. The van der Waals surface area contributed by atoms with E-state index >= 15 is 0 Å². The van der Waals surface area contributed by atoms with Gasteiger partial charge in [-0.1, -0.05) is 12.1 Å². The standard InChI is InChI=1S/C8H7N2/c9-5-7-2-1-3-8(4-7)6-10/h1-2,4H,5,9H2. The molecule has 49 valence electrons. The zero-order valence-corrected chi connectivity index (χ0v) is 5.46. The summed E-state index contributed by atoms with van der Waals surface area (Å²) in [7, 11) is 0. The van der Waals surface area contributed by atoms with E-state index in [0.29, 0.717) is 12.1 Å². The quantitative estimate of drug-likeness (QED) is 0.613. The molecule has 10 heavy (non-hydrogen) atoms. The minimum atomic E-state index is 0.476. The molecule has 1 radical (unpaired) electrons. The Morgan fingerprint density at radius 3 is 3.10 bits per heavy atom. The van der Waals surface area contributed by atoms with Crippen molar-refractivity contribution in [1.29, 1.82) is 5.26 Å². The summed E-state index contributed by atoms with van der Waals surface area (Å²) in [5.41, 5.74) is 6.86. The fourth-order valence-electron chi connectivity index (χ4n) is 0.705. The SMILES string of the molecule is N#Cc1[c]ccc(CN)c1. The molecule has 0 amide bonds. The third kappa shape index (κ3) is 1.34. The summed E-state index contributed by atoms with van der Waals surface area (Å²) in [6.07, 6.45) is 0. The molecule has 0 atom stereocenters. The van der Waals surface area contributed by atoms with Crippen LogP contribution in [0, 0.1) is 17.4 Å². The Labute approximate surface area is 59.9 Å². The smallest absolute Gasteiger partial charge is 0.0998 e. The van der Waals surface area contributed by atoms with Crippen LogP contribution in [0.5, 0.6) is 0 Å². The van der Waals surface area contributed by atoms with Gasteiger partial charge in [-0.25, -0.2) is 0 Å². The Kier molecular flexibility index (Phi) is 2.03. The monoisotopic (exact) mass is 131 g/mol. The van der Waals surface area contributed by atoms with Crippen LogP contribution in [0.15, 0.2) is 18.2 Å². The lowest BCUT2D eigenvalue weighted by Gasteiger charge is -1.93. The lowest BCUT2D eigenvalue weighted by atomic mass is 10.1. The zero-order chi connectivity index (χ0) is 7.40. The van der Waals surface area contributed by atoms with Gasteiger partial charge in [-0.15, -0.1) is 0 Å². The first-order valence-electron chi connectivity index (χ1n) is 2.97. The molecule has 1 rings (SSSR count). The van der Waals surface area contributed by atoms with Gasteiger partial charge < -0.3 is 5.73 Å². The highest BCUT2D eigenvalue weighted by atomic mass is 14.5. The molecule has 0 aromatic heterocycles. The van der Waals surface area contributed by atoms with E-state index in [9.17, 15) is 0 Å². The fourth-order valence-corrected chi connectivity index (χ4v) is 0.705. The Hall–Kier alpha value is -1.33. The highest BCUT2D eigenvalue weighted by molar-refractivity contribution is 5.31. The maximum atomic E-state index is 8.44. The van der Waals surface area contributed by atoms with Crippen LogP contribution < -0.4 is 5.73 Å². The van der Waals surface area contributed by atoms with E-state index in [4.69, 9.17) is 11.0 Å². The molecular formula is C8H7N2. The summed E-state index contributed by atoms with van der Waals surface area (Å²) in [4.78, 5) is 0. The molecule has 0 aliphatic carbocycles. The normalized spacial score (nSPS) is 8.80. The maximum absolute atomic E-state index is 8.44. The Bertz CT molecular complexity index is 260. The summed E-state index contributed by atoms with van der Waals surface area (Å²) < 4.78 is 0. The van der Waals surface area contributed by atoms with Gasteiger partial charge in [-0.2, -0.15) is 5.26 Å². The predicted octanol–water partition coefficient (Wildman–Crippen LogP) is 0.817. The first-order chi connectivity index (χ1) is 4.86. The summed E-state index contributed by atoms with van der Waals surface area (Å²) in [5.74, 6) is 0. The number of hydrogen-bond acceptors (Lipinski definition) is 2. The number of nitriles is 1. The van der Waals surface area contributed by atoms with Gasteiger partial charge >= 0.3 is 0 Å². The van der Waals surface area contributed by atoms with Crippen molar-refractivity contribution in [2.45, 2.75) is 6.54 Å². The van der Waals surface area contributed by atoms with Crippen LogP contribution in [0.25, 0.3) is 0 Å². The van der Waals surface area contributed by atoms with Gasteiger partial charge in [0.05, 0.1) is 11.6 Å². The van der Waals surface area contributed by atoms with E-state index in [0.717, 1.165) is 5.56 Å². The molecular weight excluding hydrogens is 124 g/mol. The number of nitrogens with zero attached hydrogens (tertiary/aromatic N) is 1. The average Bonchev–Trinajstić information content (AvgIpc) is 2.05. The first kappa shape index (κ1) is 6.79. The Morgan fingerprint density at radius 1 is 1.70 bits per heavy atom. The van der Waals surface area contributed by atoms with Gasteiger partial charge in [0, 0.05) is 12.6 Å².